The Hall–Kier alpha value is 0.314. The summed E-state index contributed by atoms with van der Waals surface area (Å²) >= 11 is 0. The highest BCUT2D eigenvalue weighted by atomic mass is 28.4. The zero-order valence-electron chi connectivity index (χ0n) is 10.9. The Morgan fingerprint density at radius 1 is 1.07 bits per heavy atom. The normalized spacial score (nSPS) is 18.0. The quantitative estimate of drug-likeness (QED) is 0.730. The molecule has 0 saturated heterocycles. The number of hydrogen-bond donors (Lipinski definition) is 2. The van der Waals surface area contributed by atoms with Crippen molar-refractivity contribution in [3.05, 3.63) is 0 Å². The van der Waals surface area contributed by atoms with Gasteiger partial charge in [-0.3, -0.25) is 0 Å². The molecule has 5 heteroatoms. The Bertz CT molecular complexity index is 180. The minimum Gasteiger partial charge on any atom is -0.395 e. The highest BCUT2D eigenvalue weighted by molar-refractivity contribution is 6.89. The molecule has 0 aromatic rings. The fourth-order valence-corrected chi connectivity index (χ4v) is 9.81. The molecule has 0 aliphatic rings. The Morgan fingerprint density at radius 3 is 1.57 bits per heavy atom. The molecule has 0 spiro atoms. The van der Waals surface area contributed by atoms with Gasteiger partial charge < -0.3 is 14.1 Å². The Labute approximate surface area is 91.0 Å². The summed E-state index contributed by atoms with van der Waals surface area (Å²) in [6.45, 7) is 13.6. The lowest BCUT2D eigenvalue weighted by Crippen LogP contribution is -2.74. The second-order valence-corrected chi connectivity index (χ2v) is 15.0. The fraction of sp³-hybridized carbons (Fsp3) is 1.00. The van der Waals surface area contributed by atoms with Gasteiger partial charge in [-0.15, -0.1) is 0 Å². The molecule has 86 valence electrons. The summed E-state index contributed by atoms with van der Waals surface area (Å²) in [5.74, 6) is 0. The van der Waals surface area contributed by atoms with E-state index in [4.69, 9.17) is 4.43 Å². The maximum absolute atomic E-state index is 5.78. The molecule has 0 aliphatic carbocycles. The first-order valence-electron chi connectivity index (χ1n) is 5.11. The van der Waals surface area contributed by atoms with Gasteiger partial charge in [-0.25, -0.2) is 0 Å². The molecule has 1 unspecified atom stereocenters. The minimum absolute atomic E-state index is 0.150. The molecular formula is C9H26N2OSi2. The van der Waals surface area contributed by atoms with E-state index in [-0.39, 0.29) is 5.04 Å². The predicted molar refractivity (Wildman–Crippen MR) is 68.0 cm³/mol. The van der Waals surface area contributed by atoms with Crippen molar-refractivity contribution in [2.75, 3.05) is 14.2 Å². The number of hydrogen-bond acceptors (Lipinski definition) is 3. The van der Waals surface area contributed by atoms with Gasteiger partial charge in [-0.1, -0.05) is 40.4 Å². The van der Waals surface area contributed by atoms with Crippen molar-refractivity contribution in [1.82, 2.24) is 9.63 Å². The predicted octanol–water partition coefficient (Wildman–Crippen LogP) is 2.02. The van der Waals surface area contributed by atoms with E-state index in [1.807, 2.05) is 7.05 Å². The molecule has 0 fully saturated rings. The van der Waals surface area contributed by atoms with E-state index >= 15 is 0 Å². The highest BCUT2D eigenvalue weighted by Gasteiger charge is 2.48. The Balaban J connectivity index is 4.91. The van der Waals surface area contributed by atoms with Crippen molar-refractivity contribution in [3.63, 3.8) is 0 Å². The first-order chi connectivity index (χ1) is 6.08. The summed E-state index contributed by atoms with van der Waals surface area (Å²) in [6, 6.07) is 0. The summed E-state index contributed by atoms with van der Waals surface area (Å²) in [6.07, 6.45) is 0. The number of rotatable bonds is 4. The van der Waals surface area contributed by atoms with Crippen molar-refractivity contribution in [1.29, 1.82) is 0 Å². The van der Waals surface area contributed by atoms with Gasteiger partial charge in [-0.2, -0.15) is 0 Å². The van der Waals surface area contributed by atoms with E-state index < -0.39 is 16.9 Å². The lowest BCUT2D eigenvalue weighted by atomic mass is 10.3. The molecule has 0 heterocycles. The van der Waals surface area contributed by atoms with Crippen molar-refractivity contribution in [3.8, 4) is 0 Å². The molecule has 14 heavy (non-hydrogen) atoms. The van der Waals surface area contributed by atoms with Gasteiger partial charge in [0.1, 0.15) is 8.24 Å². The topological polar surface area (TPSA) is 33.3 Å². The number of nitrogens with one attached hydrogen (secondary N) is 2. The van der Waals surface area contributed by atoms with E-state index in [0.29, 0.717) is 0 Å². The van der Waals surface area contributed by atoms with Crippen LogP contribution < -0.4 is 9.63 Å². The molecule has 0 amide bonds. The largest absolute Gasteiger partial charge is 0.395 e. The van der Waals surface area contributed by atoms with Crippen LogP contribution in [0.1, 0.15) is 20.8 Å². The van der Waals surface area contributed by atoms with Crippen LogP contribution in [0.2, 0.25) is 24.7 Å². The fourth-order valence-electron chi connectivity index (χ4n) is 1.61. The zero-order valence-corrected chi connectivity index (χ0v) is 12.9. The van der Waals surface area contributed by atoms with Gasteiger partial charge in [0.25, 0.3) is 0 Å². The van der Waals surface area contributed by atoms with E-state index in [1.54, 1.807) is 7.11 Å². The van der Waals surface area contributed by atoms with Gasteiger partial charge >= 0.3 is 8.64 Å². The molecule has 0 saturated carbocycles. The van der Waals surface area contributed by atoms with Gasteiger partial charge in [0.2, 0.25) is 0 Å². The third-order valence-electron chi connectivity index (χ3n) is 2.27. The third-order valence-corrected chi connectivity index (χ3v) is 10.1. The van der Waals surface area contributed by atoms with Crippen LogP contribution in [0.15, 0.2) is 0 Å². The molecular weight excluding hydrogens is 208 g/mol. The standard InChI is InChI=1S/C9H26N2OSi2/c1-9(2,3)14(10-4,12-5)11-13(6,7)8/h10-11H,1-8H3. The van der Waals surface area contributed by atoms with Crippen LogP contribution >= 0.6 is 0 Å². The average Bonchev–Trinajstić information content (AvgIpc) is 1.96. The van der Waals surface area contributed by atoms with Crippen molar-refractivity contribution >= 4 is 16.9 Å². The lowest BCUT2D eigenvalue weighted by molar-refractivity contribution is 0.342. The summed E-state index contributed by atoms with van der Waals surface area (Å²) < 4.78 is 9.53. The summed E-state index contributed by atoms with van der Waals surface area (Å²) in [5.41, 5.74) is 0. The Kier molecular flexibility index (Phi) is 4.54. The van der Waals surface area contributed by atoms with Gasteiger partial charge in [0, 0.05) is 12.1 Å². The second-order valence-electron chi connectivity index (χ2n) is 5.76. The van der Waals surface area contributed by atoms with Crippen LogP contribution in [-0.2, 0) is 4.43 Å². The Morgan fingerprint density at radius 2 is 1.50 bits per heavy atom. The van der Waals surface area contributed by atoms with Crippen molar-refractivity contribution in [2.45, 2.75) is 45.5 Å². The molecule has 2 N–H and O–H groups in total. The average molecular weight is 234 g/mol. The lowest BCUT2D eigenvalue weighted by Gasteiger charge is -2.44. The molecule has 0 bridgehead atoms. The smallest absolute Gasteiger partial charge is 0.350 e. The van der Waals surface area contributed by atoms with Gasteiger partial charge in [-0.05, 0) is 7.05 Å². The SMILES string of the molecule is CN[Si](N[Si](C)(C)C)(OC)C(C)(C)C. The van der Waals surface area contributed by atoms with E-state index in [1.165, 1.54) is 0 Å². The van der Waals surface area contributed by atoms with Crippen LogP contribution in [0.5, 0.6) is 0 Å². The highest BCUT2D eigenvalue weighted by Crippen LogP contribution is 2.33. The third kappa shape index (κ3) is 3.47. The van der Waals surface area contributed by atoms with Crippen molar-refractivity contribution in [2.24, 2.45) is 0 Å². The van der Waals surface area contributed by atoms with Crippen LogP contribution in [-0.4, -0.2) is 31.0 Å². The summed E-state index contributed by atoms with van der Waals surface area (Å²) in [4.78, 5) is 3.40. The monoisotopic (exact) mass is 234 g/mol. The van der Waals surface area contributed by atoms with Gasteiger partial charge in [0.05, 0.1) is 0 Å². The maximum Gasteiger partial charge on any atom is 0.350 e. The van der Waals surface area contributed by atoms with Crippen LogP contribution in [0.3, 0.4) is 0 Å². The first-order valence-corrected chi connectivity index (χ1v) is 10.5. The second kappa shape index (κ2) is 4.44. The van der Waals surface area contributed by atoms with Crippen molar-refractivity contribution < 1.29 is 4.43 Å². The minimum atomic E-state index is -2.02. The summed E-state index contributed by atoms with van der Waals surface area (Å²) in [5, 5.41) is 0.150. The van der Waals surface area contributed by atoms with E-state index in [0.717, 1.165) is 0 Å². The zero-order chi connectivity index (χ0) is 11.6. The maximum atomic E-state index is 5.78. The molecule has 3 nitrogen and oxygen atoms in total. The molecule has 0 aliphatic heterocycles. The first kappa shape index (κ1) is 14.3. The molecule has 1 atom stereocenters. The van der Waals surface area contributed by atoms with Crippen LogP contribution in [0, 0.1) is 0 Å². The van der Waals surface area contributed by atoms with Crippen LogP contribution in [0.25, 0.3) is 0 Å². The van der Waals surface area contributed by atoms with E-state index in [2.05, 4.69) is 50.0 Å². The molecule has 0 rings (SSSR count). The van der Waals surface area contributed by atoms with Crippen LogP contribution in [0.4, 0.5) is 0 Å². The molecule has 0 aromatic carbocycles. The molecule has 0 radical (unpaired) electrons. The van der Waals surface area contributed by atoms with Gasteiger partial charge in [0.15, 0.2) is 0 Å². The summed E-state index contributed by atoms with van der Waals surface area (Å²) in [7, 11) is 0.462. The molecule has 0 aromatic heterocycles. The van der Waals surface area contributed by atoms with E-state index in [9.17, 15) is 0 Å².